The molecule has 0 saturated carbocycles. The molecular formula is C22H22N2O5. The third-order valence-corrected chi connectivity index (χ3v) is 6.52. The van der Waals surface area contributed by atoms with Gasteiger partial charge in [0.05, 0.1) is 29.6 Å². The van der Waals surface area contributed by atoms with Crippen molar-refractivity contribution < 1.29 is 19.7 Å². The van der Waals surface area contributed by atoms with E-state index < -0.39 is 11.6 Å². The molecule has 29 heavy (non-hydrogen) atoms. The quantitative estimate of drug-likeness (QED) is 0.748. The lowest BCUT2D eigenvalue weighted by molar-refractivity contribution is -0.172. The van der Waals surface area contributed by atoms with E-state index in [0.717, 1.165) is 23.3 Å². The molecule has 4 aliphatic rings. The second kappa shape index (κ2) is 6.03. The third kappa shape index (κ3) is 2.31. The molecule has 3 atom stereocenters. The molecule has 1 aromatic rings. The summed E-state index contributed by atoms with van der Waals surface area (Å²) in [5, 5.41) is 20.9. The summed E-state index contributed by atoms with van der Waals surface area (Å²) in [6.45, 7) is 4.01. The molecule has 150 valence electrons. The molecular weight excluding hydrogens is 372 g/mol. The SMILES string of the molecule is CCC1=C2Cn3c(cc4c(c3=O)COC(=O)[C@]4(O)CC)C2=NC2C=CC(O)=CC12. The molecule has 1 aromatic heterocycles. The van der Waals surface area contributed by atoms with Crippen molar-refractivity contribution in [3.63, 3.8) is 0 Å². The molecule has 0 bridgehead atoms. The van der Waals surface area contributed by atoms with Gasteiger partial charge in [-0.2, -0.15) is 0 Å². The van der Waals surface area contributed by atoms with Gasteiger partial charge >= 0.3 is 5.97 Å². The fraction of sp³-hybridized carbons (Fsp3) is 0.409. The Morgan fingerprint density at radius 3 is 2.86 bits per heavy atom. The topological polar surface area (TPSA) is 101 Å². The van der Waals surface area contributed by atoms with Crippen molar-refractivity contribution in [2.75, 3.05) is 0 Å². The van der Waals surface area contributed by atoms with Crippen molar-refractivity contribution in [2.24, 2.45) is 10.9 Å². The average molecular weight is 394 g/mol. The number of pyridine rings is 1. The summed E-state index contributed by atoms with van der Waals surface area (Å²) >= 11 is 0. The number of nitrogens with zero attached hydrogens (tertiary/aromatic N) is 2. The summed E-state index contributed by atoms with van der Waals surface area (Å²) in [6, 6.07) is 1.59. The van der Waals surface area contributed by atoms with Crippen LogP contribution in [0.2, 0.25) is 0 Å². The first-order valence-corrected chi connectivity index (χ1v) is 9.95. The number of aliphatic hydroxyl groups is 2. The first kappa shape index (κ1) is 18.1. The number of carbonyl (C=O) groups excluding carboxylic acids is 1. The summed E-state index contributed by atoms with van der Waals surface area (Å²) in [4.78, 5) is 30.4. The maximum absolute atomic E-state index is 13.2. The standard InChI is InChI=1S/C22H22N2O5/c1-3-12-13-7-11(25)5-6-17(13)23-19-14(12)9-24-18(19)8-16-15(20(24)26)10-29-21(27)22(16,28)4-2/h5-8,13,17,25,28H,3-4,9-10H2,1-2H3/t13?,17?,22-/m0/s1. The van der Waals surface area contributed by atoms with Gasteiger partial charge in [-0.3, -0.25) is 9.79 Å². The van der Waals surface area contributed by atoms with Crippen LogP contribution >= 0.6 is 0 Å². The van der Waals surface area contributed by atoms with Crippen molar-refractivity contribution in [1.82, 2.24) is 4.57 Å². The molecule has 2 N–H and O–H groups in total. The van der Waals surface area contributed by atoms with E-state index in [1.165, 1.54) is 0 Å². The highest BCUT2D eigenvalue weighted by Gasteiger charge is 2.46. The minimum absolute atomic E-state index is 0.0270. The van der Waals surface area contributed by atoms with E-state index in [0.29, 0.717) is 23.4 Å². The van der Waals surface area contributed by atoms with E-state index in [9.17, 15) is 19.8 Å². The van der Waals surface area contributed by atoms with Gasteiger partial charge in [0.15, 0.2) is 5.60 Å². The molecule has 3 aliphatic heterocycles. The van der Waals surface area contributed by atoms with E-state index in [2.05, 4.69) is 6.92 Å². The Labute approximate surface area is 167 Å². The summed E-state index contributed by atoms with van der Waals surface area (Å²) < 4.78 is 6.77. The molecule has 2 unspecified atom stereocenters. The lowest BCUT2D eigenvalue weighted by Gasteiger charge is -2.32. The maximum Gasteiger partial charge on any atom is 0.343 e. The van der Waals surface area contributed by atoms with Crippen molar-refractivity contribution in [1.29, 1.82) is 0 Å². The number of fused-ring (bicyclic) bond motifs is 5. The van der Waals surface area contributed by atoms with Crippen LogP contribution in [0.4, 0.5) is 0 Å². The lowest BCUT2D eigenvalue weighted by Crippen LogP contribution is -2.44. The number of aliphatic hydroxyl groups excluding tert-OH is 1. The van der Waals surface area contributed by atoms with Gasteiger partial charge in [0.1, 0.15) is 12.4 Å². The van der Waals surface area contributed by atoms with Gasteiger partial charge in [-0.05, 0) is 36.6 Å². The van der Waals surface area contributed by atoms with E-state index in [-0.39, 0.29) is 36.3 Å². The molecule has 1 aliphatic carbocycles. The number of dihydropyridines is 1. The van der Waals surface area contributed by atoms with Crippen LogP contribution in [0, 0.1) is 5.92 Å². The normalized spacial score (nSPS) is 29.4. The minimum Gasteiger partial charge on any atom is -0.508 e. The molecule has 0 spiro atoms. The van der Waals surface area contributed by atoms with Crippen LogP contribution in [0.3, 0.4) is 0 Å². The number of aromatic nitrogens is 1. The molecule has 0 amide bonds. The third-order valence-electron chi connectivity index (χ3n) is 6.52. The number of esters is 1. The second-order valence-electron chi connectivity index (χ2n) is 7.91. The Balaban J connectivity index is 1.74. The minimum atomic E-state index is -1.82. The Hall–Kier alpha value is -2.93. The molecule has 0 saturated heterocycles. The van der Waals surface area contributed by atoms with Crippen LogP contribution in [-0.4, -0.2) is 32.5 Å². The number of cyclic esters (lactones) is 1. The van der Waals surface area contributed by atoms with Gasteiger partial charge in [0, 0.05) is 11.5 Å². The number of carbonyl (C=O) groups is 1. The second-order valence-corrected chi connectivity index (χ2v) is 7.91. The molecule has 5 rings (SSSR count). The fourth-order valence-electron chi connectivity index (χ4n) is 4.92. The fourth-order valence-corrected chi connectivity index (χ4v) is 4.92. The Kier molecular flexibility index (Phi) is 3.77. The highest BCUT2D eigenvalue weighted by atomic mass is 16.6. The number of hydrogen-bond donors (Lipinski definition) is 2. The van der Waals surface area contributed by atoms with E-state index in [1.807, 2.05) is 12.2 Å². The predicted molar refractivity (Wildman–Crippen MR) is 106 cm³/mol. The van der Waals surface area contributed by atoms with Crippen molar-refractivity contribution in [3.05, 3.63) is 68.4 Å². The average Bonchev–Trinajstić information content (AvgIpc) is 3.08. The highest BCUT2D eigenvalue weighted by Crippen LogP contribution is 2.40. The first-order chi connectivity index (χ1) is 13.9. The predicted octanol–water partition coefficient (Wildman–Crippen LogP) is 2.02. The Morgan fingerprint density at radius 1 is 1.34 bits per heavy atom. The van der Waals surface area contributed by atoms with Crippen molar-refractivity contribution >= 4 is 11.7 Å². The van der Waals surface area contributed by atoms with Gasteiger partial charge in [-0.25, -0.2) is 4.79 Å². The zero-order valence-corrected chi connectivity index (χ0v) is 16.3. The Morgan fingerprint density at radius 2 is 2.14 bits per heavy atom. The summed E-state index contributed by atoms with van der Waals surface area (Å²) in [5.74, 6) is -0.523. The largest absolute Gasteiger partial charge is 0.508 e. The molecule has 0 radical (unpaired) electrons. The van der Waals surface area contributed by atoms with Crippen LogP contribution in [0.1, 0.15) is 43.5 Å². The zero-order valence-electron chi connectivity index (χ0n) is 16.3. The molecule has 4 heterocycles. The number of rotatable bonds is 2. The lowest BCUT2D eigenvalue weighted by atomic mass is 9.80. The maximum atomic E-state index is 13.2. The van der Waals surface area contributed by atoms with Gasteiger partial charge in [0.2, 0.25) is 0 Å². The molecule has 7 nitrogen and oxygen atoms in total. The van der Waals surface area contributed by atoms with Gasteiger partial charge in [-0.1, -0.05) is 25.5 Å². The van der Waals surface area contributed by atoms with Gasteiger partial charge in [-0.15, -0.1) is 0 Å². The van der Waals surface area contributed by atoms with Crippen LogP contribution in [0.15, 0.2) is 51.0 Å². The number of allylic oxidation sites excluding steroid dienone is 2. The van der Waals surface area contributed by atoms with E-state index in [1.54, 1.807) is 23.6 Å². The monoisotopic (exact) mass is 394 g/mol. The number of ether oxygens (including phenoxy) is 1. The number of aliphatic imine (C=N–C) groups is 1. The van der Waals surface area contributed by atoms with Crippen LogP contribution < -0.4 is 5.56 Å². The molecule has 0 aromatic carbocycles. The molecule has 0 fully saturated rings. The van der Waals surface area contributed by atoms with E-state index >= 15 is 0 Å². The highest BCUT2D eigenvalue weighted by molar-refractivity contribution is 6.15. The summed E-state index contributed by atoms with van der Waals surface area (Å²) in [5.41, 5.74) is 2.07. The zero-order chi connectivity index (χ0) is 20.5. The van der Waals surface area contributed by atoms with Crippen molar-refractivity contribution in [3.8, 4) is 0 Å². The van der Waals surface area contributed by atoms with Crippen LogP contribution in [-0.2, 0) is 28.3 Å². The van der Waals surface area contributed by atoms with Gasteiger partial charge < -0.3 is 19.5 Å². The van der Waals surface area contributed by atoms with Crippen molar-refractivity contribution in [2.45, 2.75) is 51.5 Å². The van der Waals surface area contributed by atoms with E-state index in [4.69, 9.17) is 9.73 Å². The van der Waals surface area contributed by atoms with Crippen LogP contribution in [0.5, 0.6) is 0 Å². The smallest absolute Gasteiger partial charge is 0.343 e. The van der Waals surface area contributed by atoms with Gasteiger partial charge in [0.25, 0.3) is 5.56 Å². The first-order valence-electron chi connectivity index (χ1n) is 9.95. The number of hydrogen-bond acceptors (Lipinski definition) is 6. The molecule has 7 heteroatoms. The summed E-state index contributed by atoms with van der Waals surface area (Å²) in [7, 11) is 0. The summed E-state index contributed by atoms with van der Waals surface area (Å²) in [6.07, 6.45) is 6.23. The Bertz CT molecular complexity index is 1140. The van der Waals surface area contributed by atoms with Crippen LogP contribution in [0.25, 0.3) is 0 Å².